The van der Waals surface area contributed by atoms with Gasteiger partial charge >= 0.3 is 5.97 Å². The molecule has 0 atom stereocenters. The molecule has 1 aliphatic heterocycles. The molecule has 0 saturated carbocycles. The van der Waals surface area contributed by atoms with E-state index in [0.29, 0.717) is 6.04 Å². The van der Waals surface area contributed by atoms with E-state index in [9.17, 15) is 4.79 Å². The first-order chi connectivity index (χ1) is 11.6. The minimum Gasteiger partial charge on any atom is -0.480 e. The first-order valence-electron chi connectivity index (χ1n) is 8.91. The lowest BCUT2D eigenvalue weighted by atomic mass is 10.0. The maximum absolute atomic E-state index is 10.8. The van der Waals surface area contributed by atoms with E-state index in [1.165, 1.54) is 5.56 Å². The number of carbonyl (C=O) groups is 1. The van der Waals surface area contributed by atoms with Crippen molar-refractivity contribution in [2.24, 2.45) is 0 Å². The normalized spacial score (nSPS) is 15.9. The van der Waals surface area contributed by atoms with Gasteiger partial charge in [-0.15, -0.1) is 12.4 Å². The van der Waals surface area contributed by atoms with Crippen molar-refractivity contribution >= 4 is 18.4 Å². The van der Waals surface area contributed by atoms with E-state index in [1.807, 2.05) is 18.0 Å². The molecule has 142 valence electrons. The topological polar surface area (TPSA) is 53.0 Å². The molecule has 25 heavy (non-hydrogen) atoms. The fourth-order valence-corrected chi connectivity index (χ4v) is 3.25. The SMILES string of the molecule is CN(CC(=O)O)C1CCN(CCCOCCc2ccccc2)CC1.Cl. The molecule has 0 amide bonds. The monoisotopic (exact) mass is 370 g/mol. The molecule has 1 heterocycles. The molecule has 6 heteroatoms. The van der Waals surface area contributed by atoms with Crippen molar-refractivity contribution in [2.45, 2.75) is 31.7 Å². The summed E-state index contributed by atoms with van der Waals surface area (Å²) in [6, 6.07) is 10.8. The highest BCUT2D eigenvalue weighted by Gasteiger charge is 2.23. The summed E-state index contributed by atoms with van der Waals surface area (Å²) >= 11 is 0. The van der Waals surface area contributed by atoms with Crippen LogP contribution >= 0.6 is 12.4 Å². The van der Waals surface area contributed by atoms with Crippen LogP contribution in [0, 0.1) is 0 Å². The number of piperidine rings is 1. The Kier molecular flexibility index (Phi) is 10.7. The van der Waals surface area contributed by atoms with Crippen LogP contribution < -0.4 is 0 Å². The van der Waals surface area contributed by atoms with Gasteiger partial charge in [-0.25, -0.2) is 0 Å². The zero-order chi connectivity index (χ0) is 17.2. The largest absolute Gasteiger partial charge is 0.480 e. The smallest absolute Gasteiger partial charge is 0.317 e. The first kappa shape index (κ1) is 21.9. The van der Waals surface area contributed by atoms with Gasteiger partial charge in [-0.05, 0) is 51.4 Å². The van der Waals surface area contributed by atoms with Gasteiger partial charge in [0.25, 0.3) is 0 Å². The van der Waals surface area contributed by atoms with Gasteiger partial charge in [-0.3, -0.25) is 9.69 Å². The molecule has 0 bridgehead atoms. The summed E-state index contributed by atoms with van der Waals surface area (Å²) in [7, 11) is 1.91. The Labute approximate surface area is 157 Å². The molecule has 1 N–H and O–H groups in total. The van der Waals surface area contributed by atoms with Crippen molar-refractivity contribution in [3.63, 3.8) is 0 Å². The van der Waals surface area contributed by atoms with E-state index >= 15 is 0 Å². The lowest BCUT2D eigenvalue weighted by Crippen LogP contribution is -2.45. The van der Waals surface area contributed by atoms with Gasteiger partial charge < -0.3 is 14.7 Å². The predicted octanol–water partition coefficient (Wildman–Crippen LogP) is 2.54. The molecule has 1 saturated heterocycles. The summed E-state index contributed by atoms with van der Waals surface area (Å²) in [5, 5.41) is 8.86. The molecule has 0 aromatic heterocycles. The van der Waals surface area contributed by atoms with Gasteiger partial charge in [0.15, 0.2) is 0 Å². The number of hydrogen-bond donors (Lipinski definition) is 1. The van der Waals surface area contributed by atoms with Crippen LogP contribution in [0.1, 0.15) is 24.8 Å². The van der Waals surface area contributed by atoms with E-state index in [4.69, 9.17) is 9.84 Å². The molecule has 0 unspecified atom stereocenters. The summed E-state index contributed by atoms with van der Waals surface area (Å²) in [5.41, 5.74) is 1.32. The van der Waals surface area contributed by atoms with Crippen LogP contribution in [-0.4, -0.2) is 73.4 Å². The highest BCUT2D eigenvalue weighted by atomic mass is 35.5. The molecule has 1 fully saturated rings. The van der Waals surface area contributed by atoms with Gasteiger partial charge in [0, 0.05) is 19.2 Å². The van der Waals surface area contributed by atoms with Gasteiger partial charge in [0.1, 0.15) is 0 Å². The van der Waals surface area contributed by atoms with Crippen molar-refractivity contribution in [2.75, 3.05) is 46.4 Å². The van der Waals surface area contributed by atoms with Crippen LogP contribution in [0.2, 0.25) is 0 Å². The minimum atomic E-state index is -0.743. The summed E-state index contributed by atoms with van der Waals surface area (Å²) in [6.45, 7) is 4.91. The van der Waals surface area contributed by atoms with Crippen molar-refractivity contribution in [1.29, 1.82) is 0 Å². The average molecular weight is 371 g/mol. The third kappa shape index (κ3) is 8.68. The third-order valence-electron chi connectivity index (χ3n) is 4.71. The Hall–Kier alpha value is -1.14. The number of nitrogens with zero attached hydrogens (tertiary/aromatic N) is 2. The van der Waals surface area contributed by atoms with Crippen LogP contribution in [0.15, 0.2) is 30.3 Å². The predicted molar refractivity (Wildman–Crippen MR) is 103 cm³/mol. The number of carboxylic acids is 1. The zero-order valence-electron chi connectivity index (χ0n) is 15.1. The van der Waals surface area contributed by atoms with Gasteiger partial charge in [0.05, 0.1) is 13.2 Å². The Morgan fingerprint density at radius 3 is 2.56 bits per heavy atom. The number of benzene rings is 1. The molecule has 1 aromatic carbocycles. The Bertz CT molecular complexity index is 479. The lowest BCUT2D eigenvalue weighted by Gasteiger charge is -2.36. The minimum absolute atomic E-state index is 0. The van der Waals surface area contributed by atoms with Gasteiger partial charge in [-0.2, -0.15) is 0 Å². The number of carboxylic acid groups (broad SMARTS) is 1. The maximum Gasteiger partial charge on any atom is 0.317 e. The Balaban J connectivity index is 0.00000312. The molecule has 0 radical (unpaired) electrons. The number of ether oxygens (including phenoxy) is 1. The van der Waals surface area contributed by atoms with E-state index in [1.54, 1.807) is 0 Å². The average Bonchev–Trinajstić information content (AvgIpc) is 2.59. The molecule has 2 rings (SSSR count). The van der Waals surface area contributed by atoms with E-state index < -0.39 is 5.97 Å². The van der Waals surface area contributed by atoms with Gasteiger partial charge in [0.2, 0.25) is 0 Å². The Morgan fingerprint density at radius 2 is 1.92 bits per heavy atom. The number of halogens is 1. The van der Waals surface area contributed by atoms with Crippen molar-refractivity contribution in [3.05, 3.63) is 35.9 Å². The molecule has 0 aliphatic carbocycles. The number of likely N-dealkylation sites (N-methyl/N-ethyl adjacent to an activating group) is 1. The second-order valence-corrected chi connectivity index (χ2v) is 6.58. The molecule has 0 spiro atoms. The van der Waals surface area contributed by atoms with E-state index in [-0.39, 0.29) is 19.0 Å². The lowest BCUT2D eigenvalue weighted by molar-refractivity contribution is -0.138. The number of rotatable bonds is 10. The van der Waals surface area contributed by atoms with Crippen molar-refractivity contribution < 1.29 is 14.6 Å². The Morgan fingerprint density at radius 1 is 1.24 bits per heavy atom. The summed E-state index contributed by atoms with van der Waals surface area (Å²) in [4.78, 5) is 15.2. The number of hydrogen-bond acceptors (Lipinski definition) is 4. The second-order valence-electron chi connectivity index (χ2n) is 6.58. The molecule has 1 aliphatic rings. The summed E-state index contributed by atoms with van der Waals surface area (Å²) in [5.74, 6) is -0.743. The number of likely N-dealkylation sites (tertiary alicyclic amines) is 1. The fraction of sp³-hybridized carbons (Fsp3) is 0.632. The molecular weight excluding hydrogens is 340 g/mol. The van der Waals surface area contributed by atoms with Crippen LogP contribution in [0.5, 0.6) is 0 Å². The molecule has 5 nitrogen and oxygen atoms in total. The highest BCUT2D eigenvalue weighted by molar-refractivity contribution is 5.85. The zero-order valence-corrected chi connectivity index (χ0v) is 15.9. The second kappa shape index (κ2) is 12.3. The standard InChI is InChI=1S/C19H30N2O3.ClH/c1-20(16-19(22)23)18-8-12-21(13-9-18)11-5-14-24-15-10-17-6-3-2-4-7-17;/h2-4,6-7,18H,5,8-16H2,1H3,(H,22,23);1H. The third-order valence-corrected chi connectivity index (χ3v) is 4.71. The fourth-order valence-electron chi connectivity index (χ4n) is 3.25. The van der Waals surface area contributed by atoms with Crippen LogP contribution in [0.3, 0.4) is 0 Å². The summed E-state index contributed by atoms with van der Waals surface area (Å²) < 4.78 is 5.73. The van der Waals surface area contributed by atoms with Crippen molar-refractivity contribution in [3.8, 4) is 0 Å². The van der Waals surface area contributed by atoms with Gasteiger partial charge in [-0.1, -0.05) is 30.3 Å². The van der Waals surface area contributed by atoms with Crippen LogP contribution in [-0.2, 0) is 16.0 Å². The van der Waals surface area contributed by atoms with Crippen LogP contribution in [0.4, 0.5) is 0 Å². The maximum atomic E-state index is 10.8. The van der Waals surface area contributed by atoms with E-state index in [0.717, 1.165) is 58.5 Å². The van der Waals surface area contributed by atoms with E-state index in [2.05, 4.69) is 29.2 Å². The highest BCUT2D eigenvalue weighted by Crippen LogP contribution is 2.15. The molecular formula is C19H31ClN2O3. The first-order valence-corrected chi connectivity index (χ1v) is 8.91. The van der Waals surface area contributed by atoms with Crippen molar-refractivity contribution in [1.82, 2.24) is 9.80 Å². The molecule has 1 aromatic rings. The summed E-state index contributed by atoms with van der Waals surface area (Å²) in [6.07, 6.45) is 4.14. The number of aliphatic carboxylic acids is 1. The van der Waals surface area contributed by atoms with Crippen LogP contribution in [0.25, 0.3) is 0 Å². The quantitative estimate of drug-likeness (QED) is 0.641.